The number of likely N-dealkylation sites (tertiary alicyclic amines) is 1. The zero-order valence-corrected chi connectivity index (χ0v) is 12.8. The number of carbonyl (C=O) groups excluding carboxylic acids is 1. The van der Waals surface area contributed by atoms with E-state index < -0.39 is 0 Å². The van der Waals surface area contributed by atoms with Crippen LogP contribution < -0.4 is 5.73 Å². The van der Waals surface area contributed by atoms with Crippen LogP contribution in [0, 0.1) is 6.92 Å². The molecular formula is C17H22N4O. The molecule has 0 radical (unpaired) electrons. The topological polar surface area (TPSA) is 75.0 Å². The van der Waals surface area contributed by atoms with E-state index in [1.54, 1.807) is 0 Å². The van der Waals surface area contributed by atoms with E-state index in [2.05, 4.69) is 21.2 Å². The first-order valence-electron chi connectivity index (χ1n) is 7.75. The van der Waals surface area contributed by atoms with Crippen LogP contribution in [0.2, 0.25) is 0 Å². The number of benzene rings is 1. The lowest BCUT2D eigenvalue weighted by molar-refractivity contribution is -0.124. The third kappa shape index (κ3) is 3.04. The van der Waals surface area contributed by atoms with E-state index in [-0.39, 0.29) is 11.9 Å². The van der Waals surface area contributed by atoms with E-state index in [9.17, 15) is 4.79 Å². The average molecular weight is 298 g/mol. The summed E-state index contributed by atoms with van der Waals surface area (Å²) >= 11 is 0. The van der Waals surface area contributed by atoms with Gasteiger partial charge in [0.2, 0.25) is 5.91 Å². The highest BCUT2D eigenvalue weighted by molar-refractivity contribution is 5.81. The molecule has 3 rings (SSSR count). The van der Waals surface area contributed by atoms with E-state index in [1.165, 1.54) is 0 Å². The largest absolute Gasteiger partial charge is 0.368 e. The van der Waals surface area contributed by atoms with Crippen LogP contribution in [0.5, 0.6) is 0 Å². The van der Waals surface area contributed by atoms with Gasteiger partial charge in [-0.15, -0.1) is 0 Å². The summed E-state index contributed by atoms with van der Waals surface area (Å²) in [5, 5.41) is 7.39. The van der Waals surface area contributed by atoms with Crippen LogP contribution >= 0.6 is 0 Å². The molecule has 2 heterocycles. The number of nitrogens with two attached hydrogens (primary N) is 1. The van der Waals surface area contributed by atoms with Gasteiger partial charge in [-0.05, 0) is 37.9 Å². The number of hydrogen-bond donors (Lipinski definition) is 2. The van der Waals surface area contributed by atoms with Gasteiger partial charge in [-0.2, -0.15) is 5.10 Å². The Morgan fingerprint density at radius 3 is 2.82 bits per heavy atom. The van der Waals surface area contributed by atoms with E-state index >= 15 is 0 Å². The fourth-order valence-electron chi connectivity index (χ4n) is 3.32. The maximum Gasteiger partial charge on any atom is 0.239 e. The average Bonchev–Trinajstić information content (AvgIpc) is 2.95. The zero-order chi connectivity index (χ0) is 15.5. The van der Waals surface area contributed by atoms with Crippen molar-refractivity contribution in [1.82, 2.24) is 15.1 Å². The Balaban J connectivity index is 1.81. The number of rotatable bonds is 4. The van der Waals surface area contributed by atoms with Gasteiger partial charge in [0.1, 0.15) is 6.04 Å². The molecule has 116 valence electrons. The number of aromatic nitrogens is 2. The van der Waals surface area contributed by atoms with Crippen LogP contribution in [-0.4, -0.2) is 34.1 Å². The number of nitrogens with zero attached hydrogens (tertiary/aromatic N) is 2. The lowest BCUT2D eigenvalue weighted by Gasteiger charge is -2.36. The second-order valence-corrected chi connectivity index (χ2v) is 6.03. The number of carbonyl (C=O) groups is 1. The number of aromatic amines is 1. The number of primary amides is 1. The van der Waals surface area contributed by atoms with Crippen molar-refractivity contribution < 1.29 is 4.79 Å². The van der Waals surface area contributed by atoms with Crippen molar-refractivity contribution in [1.29, 1.82) is 0 Å². The number of aryl methyl sites for hydroxylation is 1. The molecule has 1 amide bonds. The number of amides is 1. The Kier molecular flexibility index (Phi) is 4.24. The molecule has 2 atom stereocenters. The fraction of sp³-hybridized carbons (Fsp3) is 0.412. The summed E-state index contributed by atoms with van der Waals surface area (Å²) in [4.78, 5) is 14.2. The Labute approximate surface area is 130 Å². The number of piperidine rings is 1. The summed E-state index contributed by atoms with van der Waals surface area (Å²) in [6.45, 7) is 3.71. The van der Waals surface area contributed by atoms with Gasteiger partial charge in [-0.3, -0.25) is 14.8 Å². The van der Waals surface area contributed by atoms with Gasteiger partial charge in [0.25, 0.3) is 0 Å². The molecular weight excluding hydrogens is 276 g/mol. The van der Waals surface area contributed by atoms with Gasteiger partial charge in [-0.25, -0.2) is 0 Å². The number of H-pyrrole nitrogens is 1. The third-order valence-corrected chi connectivity index (χ3v) is 4.35. The van der Waals surface area contributed by atoms with Gasteiger partial charge in [-0.1, -0.05) is 30.3 Å². The molecule has 3 N–H and O–H groups in total. The molecule has 0 bridgehead atoms. The molecule has 1 saturated heterocycles. The molecule has 0 saturated carbocycles. The van der Waals surface area contributed by atoms with Crippen LogP contribution in [0.25, 0.3) is 0 Å². The van der Waals surface area contributed by atoms with Crippen molar-refractivity contribution in [3.63, 3.8) is 0 Å². The molecule has 22 heavy (non-hydrogen) atoms. The van der Waals surface area contributed by atoms with Crippen LogP contribution in [0.4, 0.5) is 0 Å². The number of nitrogens with one attached hydrogen (secondary N) is 1. The van der Waals surface area contributed by atoms with Crippen molar-refractivity contribution in [2.75, 3.05) is 13.1 Å². The summed E-state index contributed by atoms with van der Waals surface area (Å²) < 4.78 is 0. The molecule has 1 aliphatic heterocycles. The van der Waals surface area contributed by atoms with Crippen molar-refractivity contribution >= 4 is 5.91 Å². The minimum Gasteiger partial charge on any atom is -0.368 e. The molecule has 1 aromatic heterocycles. The third-order valence-electron chi connectivity index (χ3n) is 4.35. The zero-order valence-electron chi connectivity index (χ0n) is 12.8. The highest BCUT2D eigenvalue weighted by atomic mass is 16.1. The summed E-state index contributed by atoms with van der Waals surface area (Å²) in [5.74, 6) is 0.0642. The first kappa shape index (κ1) is 14.8. The van der Waals surface area contributed by atoms with E-state index in [0.717, 1.165) is 42.9 Å². The molecule has 1 fully saturated rings. The van der Waals surface area contributed by atoms with Gasteiger partial charge in [0, 0.05) is 18.2 Å². The second-order valence-electron chi connectivity index (χ2n) is 6.03. The quantitative estimate of drug-likeness (QED) is 0.908. The lowest BCUT2D eigenvalue weighted by atomic mass is 9.92. The number of hydrogen-bond acceptors (Lipinski definition) is 3. The predicted molar refractivity (Wildman–Crippen MR) is 85.3 cm³/mol. The first-order valence-corrected chi connectivity index (χ1v) is 7.75. The minimum absolute atomic E-state index is 0.287. The molecule has 5 nitrogen and oxygen atoms in total. The van der Waals surface area contributed by atoms with Crippen molar-refractivity contribution in [3.05, 3.63) is 53.3 Å². The minimum atomic E-state index is -0.357. The Morgan fingerprint density at radius 1 is 1.41 bits per heavy atom. The van der Waals surface area contributed by atoms with Gasteiger partial charge in [0.05, 0.1) is 5.69 Å². The van der Waals surface area contributed by atoms with Gasteiger partial charge in [0.15, 0.2) is 0 Å². The van der Waals surface area contributed by atoms with Crippen molar-refractivity contribution in [3.8, 4) is 0 Å². The Morgan fingerprint density at radius 2 is 2.18 bits per heavy atom. The van der Waals surface area contributed by atoms with E-state index in [4.69, 9.17) is 5.73 Å². The fourth-order valence-corrected chi connectivity index (χ4v) is 3.32. The van der Waals surface area contributed by atoms with Crippen molar-refractivity contribution in [2.45, 2.75) is 31.7 Å². The van der Waals surface area contributed by atoms with Crippen LogP contribution in [0.3, 0.4) is 0 Å². The Hall–Kier alpha value is -2.14. The maximum atomic E-state index is 12.0. The SMILES string of the molecule is Cc1cc([C@H]2CCCN([C@H](C(N)=O)c3ccccc3)C2)n[nH]1. The second kappa shape index (κ2) is 6.32. The smallest absolute Gasteiger partial charge is 0.239 e. The van der Waals surface area contributed by atoms with E-state index in [0.29, 0.717) is 5.92 Å². The molecule has 0 aliphatic carbocycles. The maximum absolute atomic E-state index is 12.0. The van der Waals surface area contributed by atoms with Crippen LogP contribution in [-0.2, 0) is 4.79 Å². The normalized spacial score (nSPS) is 20.7. The highest BCUT2D eigenvalue weighted by Gasteiger charge is 2.31. The Bertz CT molecular complexity index is 637. The summed E-state index contributed by atoms with van der Waals surface area (Å²) in [6.07, 6.45) is 2.15. The summed E-state index contributed by atoms with van der Waals surface area (Å²) in [5.41, 5.74) is 8.80. The molecule has 1 aromatic carbocycles. The molecule has 2 aromatic rings. The molecule has 5 heteroatoms. The highest BCUT2D eigenvalue weighted by Crippen LogP contribution is 2.31. The van der Waals surface area contributed by atoms with Crippen molar-refractivity contribution in [2.24, 2.45) is 5.73 Å². The van der Waals surface area contributed by atoms with Crippen LogP contribution in [0.1, 0.15) is 41.8 Å². The van der Waals surface area contributed by atoms with Crippen LogP contribution in [0.15, 0.2) is 36.4 Å². The molecule has 0 spiro atoms. The predicted octanol–water partition coefficient (Wildman–Crippen LogP) is 2.12. The monoisotopic (exact) mass is 298 g/mol. The first-order chi connectivity index (χ1) is 10.6. The summed E-state index contributed by atoms with van der Waals surface area (Å²) in [6, 6.07) is 11.5. The molecule has 1 aliphatic rings. The van der Waals surface area contributed by atoms with E-state index in [1.807, 2.05) is 37.3 Å². The van der Waals surface area contributed by atoms with Gasteiger partial charge >= 0.3 is 0 Å². The van der Waals surface area contributed by atoms with Gasteiger partial charge < -0.3 is 5.73 Å². The summed E-state index contributed by atoms with van der Waals surface area (Å²) in [7, 11) is 0. The standard InChI is InChI=1S/C17H22N4O/c1-12-10-15(20-19-12)14-8-5-9-21(11-14)16(17(18)22)13-6-3-2-4-7-13/h2-4,6-7,10,14,16H,5,8-9,11H2,1H3,(H2,18,22)(H,19,20)/t14-,16-/m0/s1. The molecule has 0 unspecified atom stereocenters. The lowest BCUT2D eigenvalue weighted by Crippen LogP contribution is -2.43.